The third-order valence-corrected chi connectivity index (χ3v) is 4.61. The van der Waals surface area contributed by atoms with E-state index in [2.05, 4.69) is 5.32 Å². The predicted molar refractivity (Wildman–Crippen MR) is 77.2 cm³/mol. The van der Waals surface area contributed by atoms with E-state index in [1.54, 1.807) is 14.0 Å². The number of aliphatic hydroxyl groups is 2. The van der Waals surface area contributed by atoms with E-state index in [0.717, 1.165) is 0 Å². The van der Waals surface area contributed by atoms with E-state index >= 15 is 0 Å². The molecule has 2 aliphatic rings. The van der Waals surface area contributed by atoms with Gasteiger partial charge in [-0.15, -0.1) is 0 Å². The Hall–Kier alpha value is -0.770. The Morgan fingerprint density at radius 1 is 1.43 bits per heavy atom. The van der Waals surface area contributed by atoms with E-state index in [9.17, 15) is 20.1 Å². The summed E-state index contributed by atoms with van der Waals surface area (Å²) < 4.78 is 16.8. The number of hydrogen-bond acceptors (Lipinski definition) is 8. The Kier molecular flexibility index (Phi) is 6.35. The highest BCUT2D eigenvalue weighted by Gasteiger charge is 2.45. The maximum absolute atomic E-state index is 11.3. The molecule has 0 aromatic heterocycles. The lowest BCUT2D eigenvalue weighted by Gasteiger charge is -2.45. The highest BCUT2D eigenvalue weighted by molar-refractivity contribution is 5.71. The molecule has 0 saturated carbocycles. The molecule has 3 N–H and O–H groups in total. The molecule has 0 radical (unpaired) electrons. The molecule has 2 aliphatic heterocycles. The van der Waals surface area contributed by atoms with E-state index in [4.69, 9.17) is 14.2 Å². The average molecular weight is 332 g/mol. The number of carbonyl (C=O) groups is 1. The molecule has 2 fully saturated rings. The highest BCUT2D eigenvalue weighted by Crippen LogP contribution is 2.29. The van der Waals surface area contributed by atoms with Crippen molar-refractivity contribution in [1.82, 2.24) is 5.32 Å². The molecule has 0 amide bonds. The van der Waals surface area contributed by atoms with Crippen molar-refractivity contribution in [2.24, 2.45) is 5.92 Å². The molecule has 2 saturated heterocycles. The van der Waals surface area contributed by atoms with Crippen molar-refractivity contribution in [3.05, 3.63) is 0 Å². The van der Waals surface area contributed by atoms with E-state index in [1.165, 1.54) is 0 Å². The fourth-order valence-electron chi connectivity index (χ4n) is 3.10. The van der Waals surface area contributed by atoms with Gasteiger partial charge in [-0.05, 0) is 13.5 Å². The third kappa shape index (κ3) is 4.01. The zero-order valence-corrected chi connectivity index (χ0v) is 13.7. The molecule has 0 spiro atoms. The first-order valence-electron chi connectivity index (χ1n) is 8.05. The molecule has 2 rings (SSSR count). The fourth-order valence-corrected chi connectivity index (χ4v) is 3.10. The molecular formula is C15H26NO7-. The molecule has 0 aromatic carbocycles. The van der Waals surface area contributed by atoms with Crippen molar-refractivity contribution in [3.63, 3.8) is 0 Å². The number of ether oxygens (including phenoxy) is 3. The number of hydrogen-bond donors (Lipinski definition) is 3. The summed E-state index contributed by atoms with van der Waals surface area (Å²) in [6.07, 6.45) is -4.13. The Morgan fingerprint density at radius 3 is 2.70 bits per heavy atom. The summed E-state index contributed by atoms with van der Waals surface area (Å²) in [6.45, 7) is 3.78. The van der Waals surface area contributed by atoms with Crippen LogP contribution in [-0.4, -0.2) is 72.7 Å². The minimum absolute atomic E-state index is 0.112. The Morgan fingerprint density at radius 2 is 2.13 bits per heavy atom. The molecule has 23 heavy (non-hydrogen) atoms. The van der Waals surface area contributed by atoms with Crippen LogP contribution < -0.4 is 10.4 Å². The number of likely N-dealkylation sites (N-methyl/N-ethyl adjacent to an activating group) is 1. The summed E-state index contributed by atoms with van der Waals surface area (Å²) in [5.41, 5.74) is 0. The van der Waals surface area contributed by atoms with Gasteiger partial charge in [0, 0.05) is 12.3 Å². The lowest BCUT2D eigenvalue weighted by molar-refractivity contribution is -0.338. The number of aliphatic carboxylic acids is 1. The van der Waals surface area contributed by atoms with Crippen molar-refractivity contribution in [2.75, 3.05) is 13.7 Å². The molecule has 134 valence electrons. The van der Waals surface area contributed by atoms with Crippen molar-refractivity contribution < 1.29 is 34.3 Å². The van der Waals surface area contributed by atoms with Crippen LogP contribution in [0.15, 0.2) is 0 Å². The third-order valence-electron chi connectivity index (χ3n) is 4.61. The van der Waals surface area contributed by atoms with Gasteiger partial charge < -0.3 is 39.6 Å². The molecule has 0 aromatic rings. The first kappa shape index (κ1) is 18.6. The summed E-state index contributed by atoms with van der Waals surface area (Å²) in [5, 5.41) is 34.7. The van der Waals surface area contributed by atoms with E-state index in [0.29, 0.717) is 12.8 Å². The molecule has 8 atom stereocenters. The maximum atomic E-state index is 11.3. The zero-order valence-electron chi connectivity index (χ0n) is 13.7. The van der Waals surface area contributed by atoms with Gasteiger partial charge in [-0.1, -0.05) is 13.8 Å². The second kappa shape index (κ2) is 7.87. The van der Waals surface area contributed by atoms with Crippen LogP contribution in [0, 0.1) is 5.92 Å². The first-order chi connectivity index (χ1) is 10.9. The van der Waals surface area contributed by atoms with Crippen LogP contribution in [0.25, 0.3) is 0 Å². The lowest BCUT2D eigenvalue weighted by Crippen LogP contribution is -2.62. The van der Waals surface area contributed by atoms with Crippen LogP contribution in [0.5, 0.6) is 0 Å². The molecular weight excluding hydrogens is 306 g/mol. The quantitative estimate of drug-likeness (QED) is 0.528. The van der Waals surface area contributed by atoms with Gasteiger partial charge in [0.25, 0.3) is 0 Å². The van der Waals surface area contributed by atoms with Gasteiger partial charge >= 0.3 is 0 Å². The maximum Gasteiger partial charge on any atom is 0.176 e. The predicted octanol–water partition coefficient (Wildman–Crippen LogP) is -2.01. The minimum atomic E-state index is -1.44. The number of carboxylic acid groups (broad SMARTS) is 1. The number of aliphatic hydroxyl groups excluding tert-OH is 2. The monoisotopic (exact) mass is 332 g/mol. The minimum Gasteiger partial charge on any atom is -0.547 e. The normalized spacial score (nSPS) is 44.9. The van der Waals surface area contributed by atoms with Gasteiger partial charge in [0.1, 0.15) is 12.2 Å². The summed E-state index contributed by atoms with van der Waals surface area (Å²) in [5.74, 6) is -1.72. The second-order valence-electron chi connectivity index (χ2n) is 6.29. The molecule has 4 unspecified atom stereocenters. The topological polar surface area (TPSA) is 120 Å². The SMILES string of the molecule is CCC1C[C@H](O)C(NC)[C@H](O[C@H]2C(C(=O)[O-])OCC(C)[C@H]2O)O1. The van der Waals surface area contributed by atoms with E-state index < -0.39 is 42.7 Å². The van der Waals surface area contributed by atoms with Crippen LogP contribution in [-0.2, 0) is 19.0 Å². The highest BCUT2D eigenvalue weighted by atomic mass is 16.7. The van der Waals surface area contributed by atoms with Crippen LogP contribution in [0.1, 0.15) is 26.7 Å². The standard InChI is InChI=1S/C15H27NO7/c1-4-8-5-9(17)10(16-3)15(22-8)23-12-11(18)7(2)6-21-13(12)14(19)20/h7-13,15-18H,4-6H2,1-3H3,(H,19,20)/p-1/t7?,8?,9-,10?,11+,12+,13?,15-/m0/s1. The van der Waals surface area contributed by atoms with Gasteiger partial charge in [0.15, 0.2) is 6.29 Å². The number of nitrogens with one attached hydrogen (secondary N) is 1. The van der Waals surface area contributed by atoms with Crippen molar-refractivity contribution >= 4 is 5.97 Å². The fraction of sp³-hybridized carbons (Fsp3) is 0.933. The van der Waals surface area contributed by atoms with Gasteiger partial charge in [0.2, 0.25) is 0 Å². The van der Waals surface area contributed by atoms with Crippen molar-refractivity contribution in [1.29, 1.82) is 0 Å². The Balaban J connectivity index is 2.15. The smallest absolute Gasteiger partial charge is 0.176 e. The van der Waals surface area contributed by atoms with E-state index in [-0.39, 0.29) is 18.6 Å². The van der Waals surface area contributed by atoms with Crippen molar-refractivity contribution in [3.8, 4) is 0 Å². The molecule has 2 heterocycles. The van der Waals surface area contributed by atoms with Crippen LogP contribution in [0.4, 0.5) is 0 Å². The number of carboxylic acids is 1. The summed E-state index contributed by atoms with van der Waals surface area (Å²) >= 11 is 0. The summed E-state index contributed by atoms with van der Waals surface area (Å²) in [6, 6.07) is -0.523. The van der Waals surface area contributed by atoms with Crippen LogP contribution in [0.2, 0.25) is 0 Å². The molecule has 0 aliphatic carbocycles. The van der Waals surface area contributed by atoms with Gasteiger partial charge in [-0.25, -0.2) is 0 Å². The Bertz CT molecular complexity index is 407. The average Bonchev–Trinajstić information content (AvgIpc) is 2.51. The summed E-state index contributed by atoms with van der Waals surface area (Å²) in [4.78, 5) is 11.3. The first-order valence-corrected chi connectivity index (χ1v) is 8.05. The van der Waals surface area contributed by atoms with Gasteiger partial charge in [-0.3, -0.25) is 0 Å². The largest absolute Gasteiger partial charge is 0.547 e. The summed E-state index contributed by atoms with van der Waals surface area (Å²) in [7, 11) is 1.66. The van der Waals surface area contributed by atoms with Crippen LogP contribution in [0.3, 0.4) is 0 Å². The molecule has 8 nitrogen and oxygen atoms in total. The zero-order chi connectivity index (χ0) is 17.1. The van der Waals surface area contributed by atoms with E-state index in [1.807, 2.05) is 6.92 Å². The molecule has 8 heteroatoms. The van der Waals surface area contributed by atoms with Crippen LogP contribution >= 0.6 is 0 Å². The number of rotatable bonds is 5. The van der Waals surface area contributed by atoms with Crippen molar-refractivity contribution in [2.45, 2.75) is 69.5 Å². The van der Waals surface area contributed by atoms with Gasteiger partial charge in [-0.2, -0.15) is 0 Å². The van der Waals surface area contributed by atoms with Gasteiger partial charge in [0.05, 0.1) is 36.9 Å². The second-order valence-corrected chi connectivity index (χ2v) is 6.29. The number of carbonyl (C=O) groups excluding carboxylic acids is 1. The lowest BCUT2D eigenvalue weighted by atomic mass is 9.93. The Labute approximate surface area is 135 Å². The molecule has 0 bridgehead atoms.